The van der Waals surface area contributed by atoms with Crippen molar-refractivity contribution in [1.29, 1.82) is 0 Å². The number of carbonyl (C=O) groups is 2. The third kappa shape index (κ3) is 2.50. The first-order chi connectivity index (χ1) is 7.25. The Morgan fingerprint density at radius 2 is 2.00 bits per heavy atom. The molecule has 0 aliphatic carbocycles. The van der Waals surface area contributed by atoms with Crippen molar-refractivity contribution in [3.63, 3.8) is 0 Å². The maximum Gasteiger partial charge on any atom is 0.338 e. The number of hydrogen-bond donors (Lipinski definition) is 1. The number of carbonyl (C=O) groups excluding carboxylic acids is 1. The maximum atomic E-state index is 11.6. The molecule has 0 bridgehead atoms. The van der Waals surface area contributed by atoms with Crippen LogP contribution >= 0.6 is 11.8 Å². The molecule has 0 radical (unpaired) electrons. The molecule has 1 rings (SSSR count). The van der Waals surface area contributed by atoms with Gasteiger partial charge >= 0.3 is 5.97 Å². The Balaban J connectivity index is 3.22. The normalized spacial score (nSPS) is 18.2. The number of thioether (sulfide) groups is 1. The zero-order chi connectivity index (χ0) is 12.5. The van der Waals surface area contributed by atoms with Crippen molar-refractivity contribution in [2.45, 2.75) is 19.1 Å². The van der Waals surface area contributed by atoms with Gasteiger partial charge in [0.2, 0.25) is 5.12 Å². The summed E-state index contributed by atoms with van der Waals surface area (Å²) in [6.07, 6.45) is 0.686. The standard InChI is InChI=1S/C8H9NO5S2/c1-4(2)15-8(12)6-5(7(10)11)3-9-16(6,13)14/h3-4H,1-2H3,(H,10,11). The van der Waals surface area contributed by atoms with Crippen LogP contribution in [0.2, 0.25) is 0 Å². The molecule has 0 fully saturated rings. The summed E-state index contributed by atoms with van der Waals surface area (Å²) in [5, 5.41) is 7.80. The van der Waals surface area contributed by atoms with Crippen molar-refractivity contribution < 1.29 is 23.1 Å². The summed E-state index contributed by atoms with van der Waals surface area (Å²) in [4.78, 5) is 21.5. The second-order valence-electron chi connectivity index (χ2n) is 3.21. The highest BCUT2D eigenvalue weighted by molar-refractivity contribution is 8.16. The smallest absolute Gasteiger partial charge is 0.338 e. The summed E-state index contributed by atoms with van der Waals surface area (Å²) < 4.78 is 25.7. The van der Waals surface area contributed by atoms with Gasteiger partial charge in [-0.15, -0.1) is 0 Å². The summed E-state index contributed by atoms with van der Waals surface area (Å²) in [7, 11) is -4.13. The molecule has 1 aliphatic heterocycles. The van der Waals surface area contributed by atoms with E-state index in [0.717, 1.165) is 11.8 Å². The zero-order valence-electron chi connectivity index (χ0n) is 8.50. The minimum Gasteiger partial charge on any atom is -0.478 e. The lowest BCUT2D eigenvalue weighted by atomic mass is 10.3. The summed E-state index contributed by atoms with van der Waals surface area (Å²) in [5.41, 5.74) is -0.571. The molecule has 16 heavy (non-hydrogen) atoms. The lowest BCUT2D eigenvalue weighted by Gasteiger charge is -2.04. The van der Waals surface area contributed by atoms with Crippen LogP contribution < -0.4 is 0 Å². The molecule has 1 heterocycles. The second-order valence-corrected chi connectivity index (χ2v) is 6.33. The Bertz CT molecular complexity index is 501. The second kappa shape index (κ2) is 4.38. The van der Waals surface area contributed by atoms with E-state index >= 15 is 0 Å². The van der Waals surface area contributed by atoms with E-state index in [9.17, 15) is 18.0 Å². The predicted molar refractivity (Wildman–Crippen MR) is 59.8 cm³/mol. The van der Waals surface area contributed by atoms with E-state index in [1.54, 1.807) is 13.8 Å². The molecule has 1 N–H and O–H groups in total. The zero-order valence-corrected chi connectivity index (χ0v) is 10.1. The predicted octanol–water partition coefficient (Wildman–Crippen LogP) is 0.408. The molecule has 8 heteroatoms. The summed E-state index contributed by atoms with van der Waals surface area (Å²) in [6, 6.07) is 0. The van der Waals surface area contributed by atoms with Crippen LogP contribution in [0, 0.1) is 0 Å². The molecule has 0 unspecified atom stereocenters. The molecule has 0 saturated heterocycles. The first kappa shape index (κ1) is 12.9. The molecular formula is C8H9NO5S2. The monoisotopic (exact) mass is 263 g/mol. The Morgan fingerprint density at radius 3 is 2.44 bits per heavy atom. The van der Waals surface area contributed by atoms with Crippen LogP contribution in [0.3, 0.4) is 0 Å². The number of nitrogens with zero attached hydrogens (tertiary/aromatic N) is 1. The molecule has 1 aliphatic rings. The van der Waals surface area contributed by atoms with Crippen LogP contribution in [-0.4, -0.2) is 36.1 Å². The van der Waals surface area contributed by atoms with E-state index in [4.69, 9.17) is 5.11 Å². The Hall–Kier alpha value is -1.15. The van der Waals surface area contributed by atoms with Crippen molar-refractivity contribution in [3.05, 3.63) is 10.5 Å². The van der Waals surface area contributed by atoms with Gasteiger partial charge < -0.3 is 5.11 Å². The number of aliphatic carboxylic acids is 1. The van der Waals surface area contributed by atoms with Gasteiger partial charge in [0.05, 0.1) is 6.21 Å². The number of sulfonamides is 1. The van der Waals surface area contributed by atoms with Crippen molar-refractivity contribution in [2.75, 3.05) is 0 Å². The molecule has 88 valence electrons. The van der Waals surface area contributed by atoms with Gasteiger partial charge in [0.15, 0.2) is 4.91 Å². The summed E-state index contributed by atoms with van der Waals surface area (Å²) in [5.74, 6) is -1.47. The van der Waals surface area contributed by atoms with Gasteiger partial charge in [0, 0.05) is 5.25 Å². The Kier molecular flexibility index (Phi) is 3.54. The molecule has 0 spiro atoms. The molecular weight excluding hydrogens is 254 g/mol. The van der Waals surface area contributed by atoms with Crippen LogP contribution in [0.25, 0.3) is 0 Å². The average molecular weight is 263 g/mol. The molecule has 0 atom stereocenters. The highest BCUT2D eigenvalue weighted by Crippen LogP contribution is 2.27. The van der Waals surface area contributed by atoms with Gasteiger partial charge in [0.25, 0.3) is 10.0 Å². The Morgan fingerprint density at radius 1 is 1.44 bits per heavy atom. The van der Waals surface area contributed by atoms with Crippen LogP contribution in [0.4, 0.5) is 0 Å². The van der Waals surface area contributed by atoms with E-state index in [-0.39, 0.29) is 5.25 Å². The SMILES string of the molecule is CC(C)SC(=O)C1=C(C(=O)O)C=NS1(=O)=O. The molecule has 0 aromatic heterocycles. The van der Waals surface area contributed by atoms with Crippen molar-refractivity contribution >= 4 is 39.1 Å². The first-order valence-corrected chi connectivity index (χ1v) is 6.56. The van der Waals surface area contributed by atoms with Crippen molar-refractivity contribution in [1.82, 2.24) is 0 Å². The minimum absolute atomic E-state index is 0.133. The van der Waals surface area contributed by atoms with Crippen molar-refractivity contribution in [3.8, 4) is 0 Å². The van der Waals surface area contributed by atoms with Gasteiger partial charge in [-0.25, -0.2) is 4.79 Å². The highest BCUT2D eigenvalue weighted by atomic mass is 32.2. The largest absolute Gasteiger partial charge is 0.478 e. The maximum absolute atomic E-state index is 11.6. The number of rotatable bonds is 3. The summed E-state index contributed by atoms with van der Waals surface area (Å²) in [6.45, 7) is 3.40. The van der Waals surface area contributed by atoms with E-state index in [0.29, 0.717) is 6.21 Å². The lowest BCUT2D eigenvalue weighted by Crippen LogP contribution is -2.13. The average Bonchev–Trinajstić information content (AvgIpc) is 2.39. The van der Waals surface area contributed by atoms with E-state index < -0.39 is 31.6 Å². The lowest BCUT2D eigenvalue weighted by molar-refractivity contribution is -0.132. The fraction of sp³-hybridized carbons (Fsp3) is 0.375. The van der Waals surface area contributed by atoms with Gasteiger partial charge in [-0.3, -0.25) is 4.79 Å². The van der Waals surface area contributed by atoms with Crippen LogP contribution in [-0.2, 0) is 19.6 Å². The van der Waals surface area contributed by atoms with Gasteiger partial charge in [-0.1, -0.05) is 25.6 Å². The molecule has 6 nitrogen and oxygen atoms in total. The van der Waals surface area contributed by atoms with E-state index in [2.05, 4.69) is 4.40 Å². The third-order valence-electron chi connectivity index (χ3n) is 1.58. The highest BCUT2D eigenvalue weighted by Gasteiger charge is 2.35. The van der Waals surface area contributed by atoms with Gasteiger partial charge in [0.1, 0.15) is 5.57 Å². The van der Waals surface area contributed by atoms with Crippen LogP contribution in [0.5, 0.6) is 0 Å². The first-order valence-electron chi connectivity index (χ1n) is 4.24. The molecule has 0 aromatic rings. The fourth-order valence-corrected chi connectivity index (χ4v) is 3.09. The quantitative estimate of drug-likeness (QED) is 0.791. The third-order valence-corrected chi connectivity index (χ3v) is 3.90. The van der Waals surface area contributed by atoms with Gasteiger partial charge in [-0.05, 0) is 0 Å². The Labute approximate surface area is 96.5 Å². The van der Waals surface area contributed by atoms with Crippen LogP contribution in [0.1, 0.15) is 13.8 Å². The molecule has 0 saturated carbocycles. The number of carboxylic acids is 1. The van der Waals surface area contributed by atoms with Crippen LogP contribution in [0.15, 0.2) is 14.9 Å². The molecule has 0 amide bonds. The number of hydrogen-bond acceptors (Lipinski definition) is 5. The topological polar surface area (TPSA) is 101 Å². The van der Waals surface area contributed by atoms with Crippen molar-refractivity contribution in [2.24, 2.45) is 4.40 Å². The molecule has 0 aromatic carbocycles. The van der Waals surface area contributed by atoms with Gasteiger partial charge in [-0.2, -0.15) is 12.8 Å². The van der Waals surface area contributed by atoms with E-state index in [1.165, 1.54) is 0 Å². The number of carboxylic acid groups (broad SMARTS) is 1. The summed E-state index contributed by atoms with van der Waals surface area (Å²) >= 11 is 0.756. The van der Waals surface area contributed by atoms with E-state index in [1.807, 2.05) is 0 Å². The fourth-order valence-electron chi connectivity index (χ4n) is 1.01. The minimum atomic E-state index is -4.13.